The number of nitrogens with one attached hydrogen (secondary N) is 1. The van der Waals surface area contributed by atoms with E-state index in [0.717, 1.165) is 19.3 Å². The van der Waals surface area contributed by atoms with Crippen molar-refractivity contribution in [2.24, 2.45) is 0 Å². The van der Waals surface area contributed by atoms with E-state index in [4.69, 9.17) is 4.74 Å². The quantitative estimate of drug-likeness (QED) is 0.812. The van der Waals surface area contributed by atoms with E-state index in [1.807, 2.05) is 18.2 Å². The summed E-state index contributed by atoms with van der Waals surface area (Å²) in [6.07, 6.45) is 4.10. The smallest absolute Gasteiger partial charge is 0.305 e. The van der Waals surface area contributed by atoms with Gasteiger partial charge in [0, 0.05) is 23.9 Å². The Balaban J connectivity index is 1.88. The number of hydrogen-bond acceptors (Lipinski definition) is 3. The Morgan fingerprint density at radius 1 is 1.25 bits per heavy atom. The van der Waals surface area contributed by atoms with Crippen LogP contribution in [-0.2, 0) is 9.53 Å². The van der Waals surface area contributed by atoms with Crippen molar-refractivity contribution in [3.8, 4) is 0 Å². The van der Waals surface area contributed by atoms with Gasteiger partial charge in [0.25, 0.3) is 5.91 Å². The van der Waals surface area contributed by atoms with Gasteiger partial charge in [-0.15, -0.1) is 0 Å². The van der Waals surface area contributed by atoms with Crippen LogP contribution < -0.4 is 5.32 Å². The first-order valence-electron chi connectivity index (χ1n) is 7.18. The predicted octanol–water partition coefficient (Wildman–Crippen LogP) is 2.68. The molecule has 1 saturated carbocycles. The average molecular weight is 275 g/mol. The van der Waals surface area contributed by atoms with Crippen LogP contribution in [0.4, 0.5) is 0 Å². The molecule has 0 aliphatic heterocycles. The minimum absolute atomic E-state index is 0.0490. The third kappa shape index (κ3) is 3.59. The number of esters is 1. The number of amides is 1. The number of ether oxygens (including phenoxy) is 1. The molecule has 1 aromatic rings. The molecule has 2 rings (SSSR count). The molecule has 0 saturated heterocycles. The van der Waals surface area contributed by atoms with Gasteiger partial charge in [0.05, 0.1) is 6.61 Å². The minimum atomic E-state index is -0.194. The molecule has 20 heavy (non-hydrogen) atoms. The summed E-state index contributed by atoms with van der Waals surface area (Å²) in [7, 11) is 0. The first-order valence-corrected chi connectivity index (χ1v) is 7.18. The molecule has 0 radical (unpaired) electrons. The SMILES string of the molecule is CCC(=O)OCCC1(NC(=O)c2ccccc2)CCC1. The first kappa shape index (κ1) is 14.6. The standard InChI is InChI=1S/C16H21NO3/c1-2-14(18)20-12-11-16(9-6-10-16)17-15(19)13-7-4-3-5-8-13/h3-5,7-8H,2,6,9-12H2,1H3,(H,17,19). The van der Waals surface area contributed by atoms with E-state index in [9.17, 15) is 9.59 Å². The molecule has 1 amide bonds. The molecule has 4 nitrogen and oxygen atoms in total. The van der Waals surface area contributed by atoms with E-state index in [0.29, 0.717) is 25.0 Å². The van der Waals surface area contributed by atoms with Crippen LogP contribution >= 0.6 is 0 Å². The van der Waals surface area contributed by atoms with Crippen LogP contribution in [0.15, 0.2) is 30.3 Å². The van der Waals surface area contributed by atoms with Gasteiger partial charge in [0.15, 0.2) is 0 Å². The van der Waals surface area contributed by atoms with E-state index in [-0.39, 0.29) is 17.4 Å². The molecule has 108 valence electrons. The Morgan fingerprint density at radius 2 is 1.95 bits per heavy atom. The molecule has 1 aromatic carbocycles. The van der Waals surface area contributed by atoms with Crippen molar-refractivity contribution in [1.82, 2.24) is 5.32 Å². The van der Waals surface area contributed by atoms with Gasteiger partial charge < -0.3 is 10.1 Å². The molecule has 4 heteroatoms. The van der Waals surface area contributed by atoms with Crippen LogP contribution in [0.5, 0.6) is 0 Å². The van der Waals surface area contributed by atoms with Crippen molar-refractivity contribution in [3.05, 3.63) is 35.9 Å². The zero-order valence-corrected chi connectivity index (χ0v) is 11.9. The Hall–Kier alpha value is -1.84. The Kier molecular flexibility index (Phi) is 4.77. The Labute approximate surface area is 119 Å². The van der Waals surface area contributed by atoms with Gasteiger partial charge in [-0.05, 0) is 31.4 Å². The summed E-state index contributed by atoms with van der Waals surface area (Å²) in [5.41, 5.74) is 0.477. The summed E-state index contributed by atoms with van der Waals surface area (Å²) in [6.45, 7) is 2.15. The lowest BCUT2D eigenvalue weighted by Gasteiger charge is -2.42. The summed E-state index contributed by atoms with van der Waals surface area (Å²) >= 11 is 0. The maximum Gasteiger partial charge on any atom is 0.305 e. The van der Waals surface area contributed by atoms with Crippen molar-refractivity contribution in [1.29, 1.82) is 0 Å². The van der Waals surface area contributed by atoms with E-state index in [1.54, 1.807) is 19.1 Å². The summed E-state index contributed by atoms with van der Waals surface area (Å²) in [5, 5.41) is 3.11. The zero-order valence-electron chi connectivity index (χ0n) is 11.9. The Bertz CT molecular complexity index is 466. The molecule has 0 heterocycles. The molecule has 1 aliphatic carbocycles. The highest BCUT2D eigenvalue weighted by molar-refractivity contribution is 5.94. The largest absolute Gasteiger partial charge is 0.466 e. The molecule has 1 N–H and O–H groups in total. The van der Waals surface area contributed by atoms with Crippen molar-refractivity contribution < 1.29 is 14.3 Å². The van der Waals surface area contributed by atoms with E-state index < -0.39 is 0 Å². The second-order valence-corrected chi connectivity index (χ2v) is 5.28. The summed E-state index contributed by atoms with van der Waals surface area (Å²) in [5.74, 6) is -0.235. The van der Waals surface area contributed by atoms with Crippen molar-refractivity contribution in [2.45, 2.75) is 44.6 Å². The second kappa shape index (κ2) is 6.55. The fraction of sp³-hybridized carbons (Fsp3) is 0.500. The molecule has 0 aromatic heterocycles. The van der Waals surface area contributed by atoms with Gasteiger partial charge in [0.1, 0.15) is 0 Å². The first-order chi connectivity index (χ1) is 9.65. The highest BCUT2D eigenvalue weighted by Crippen LogP contribution is 2.35. The predicted molar refractivity (Wildman–Crippen MR) is 76.4 cm³/mol. The molecule has 1 aliphatic rings. The van der Waals surface area contributed by atoms with Crippen molar-refractivity contribution in [3.63, 3.8) is 0 Å². The van der Waals surface area contributed by atoms with Gasteiger partial charge in [-0.25, -0.2) is 0 Å². The summed E-state index contributed by atoms with van der Waals surface area (Å²) < 4.78 is 5.12. The molecule has 0 bridgehead atoms. The van der Waals surface area contributed by atoms with Gasteiger partial charge >= 0.3 is 5.97 Å². The molecule has 1 fully saturated rings. The molecular weight excluding hydrogens is 254 g/mol. The minimum Gasteiger partial charge on any atom is -0.466 e. The third-order valence-corrected chi connectivity index (χ3v) is 3.86. The van der Waals surface area contributed by atoms with E-state index in [1.165, 1.54) is 0 Å². The van der Waals surface area contributed by atoms with Crippen LogP contribution in [-0.4, -0.2) is 24.0 Å². The molecule has 0 atom stereocenters. The van der Waals surface area contributed by atoms with E-state index in [2.05, 4.69) is 5.32 Å². The highest BCUT2D eigenvalue weighted by atomic mass is 16.5. The van der Waals surface area contributed by atoms with Gasteiger partial charge in [-0.1, -0.05) is 25.1 Å². The van der Waals surface area contributed by atoms with Crippen molar-refractivity contribution >= 4 is 11.9 Å². The van der Waals surface area contributed by atoms with Gasteiger partial charge in [-0.3, -0.25) is 9.59 Å². The topological polar surface area (TPSA) is 55.4 Å². The molecule has 0 spiro atoms. The van der Waals surface area contributed by atoms with Gasteiger partial charge in [-0.2, -0.15) is 0 Å². The lowest BCUT2D eigenvalue weighted by atomic mass is 9.74. The fourth-order valence-electron chi connectivity index (χ4n) is 2.41. The number of rotatable bonds is 6. The van der Waals surface area contributed by atoms with Crippen LogP contribution in [0.2, 0.25) is 0 Å². The van der Waals surface area contributed by atoms with Crippen LogP contribution in [0.3, 0.4) is 0 Å². The van der Waals surface area contributed by atoms with Crippen LogP contribution in [0.1, 0.15) is 49.4 Å². The van der Waals surface area contributed by atoms with Crippen LogP contribution in [0, 0.1) is 0 Å². The molecule has 0 unspecified atom stereocenters. The normalized spacial score (nSPS) is 16.1. The second-order valence-electron chi connectivity index (χ2n) is 5.28. The van der Waals surface area contributed by atoms with E-state index >= 15 is 0 Å². The number of hydrogen-bond donors (Lipinski definition) is 1. The lowest BCUT2D eigenvalue weighted by Crippen LogP contribution is -2.54. The number of benzene rings is 1. The average Bonchev–Trinajstić information content (AvgIpc) is 2.45. The fourth-order valence-corrected chi connectivity index (χ4v) is 2.41. The Morgan fingerprint density at radius 3 is 2.50 bits per heavy atom. The summed E-state index contributed by atoms with van der Waals surface area (Å²) in [4.78, 5) is 23.3. The van der Waals surface area contributed by atoms with Crippen LogP contribution in [0.25, 0.3) is 0 Å². The zero-order chi connectivity index (χ0) is 14.4. The summed E-state index contributed by atoms with van der Waals surface area (Å²) in [6, 6.07) is 9.20. The van der Waals surface area contributed by atoms with Gasteiger partial charge in [0.2, 0.25) is 0 Å². The monoisotopic (exact) mass is 275 g/mol. The number of carbonyl (C=O) groups excluding carboxylic acids is 2. The number of carbonyl (C=O) groups is 2. The maximum absolute atomic E-state index is 12.2. The highest BCUT2D eigenvalue weighted by Gasteiger charge is 2.38. The maximum atomic E-state index is 12.2. The molecular formula is C16H21NO3. The third-order valence-electron chi connectivity index (χ3n) is 3.86. The lowest BCUT2D eigenvalue weighted by molar-refractivity contribution is -0.143. The van der Waals surface area contributed by atoms with Crippen molar-refractivity contribution in [2.75, 3.05) is 6.61 Å².